The molecule has 1 amide bonds. The summed E-state index contributed by atoms with van der Waals surface area (Å²) in [5, 5.41) is 6.43. The van der Waals surface area contributed by atoms with Gasteiger partial charge in [0.1, 0.15) is 5.75 Å². The van der Waals surface area contributed by atoms with Gasteiger partial charge in [-0.1, -0.05) is 19.1 Å². The van der Waals surface area contributed by atoms with E-state index in [2.05, 4.69) is 17.6 Å². The first kappa shape index (κ1) is 14.9. The fourth-order valence-electron chi connectivity index (χ4n) is 2.55. The van der Waals surface area contributed by atoms with Crippen LogP contribution in [0.5, 0.6) is 5.75 Å². The van der Waals surface area contributed by atoms with Gasteiger partial charge in [-0.05, 0) is 50.6 Å². The fourth-order valence-corrected chi connectivity index (χ4v) is 2.55. The fraction of sp³-hybridized carbons (Fsp3) is 0.562. The number of hydrogen-bond acceptors (Lipinski definition) is 3. The number of carbonyl (C=O) groups excluding carboxylic acids is 1. The molecule has 0 saturated carbocycles. The summed E-state index contributed by atoms with van der Waals surface area (Å²) >= 11 is 0. The molecule has 1 aromatic carbocycles. The predicted octanol–water partition coefficient (Wildman–Crippen LogP) is 2.26. The van der Waals surface area contributed by atoms with Crippen LogP contribution in [-0.4, -0.2) is 26.1 Å². The van der Waals surface area contributed by atoms with E-state index in [9.17, 15) is 4.79 Å². The minimum absolute atomic E-state index is 0.0140. The first-order chi connectivity index (χ1) is 9.55. The van der Waals surface area contributed by atoms with E-state index in [0.717, 1.165) is 37.2 Å². The number of hydrogen-bond donors (Lipinski definition) is 2. The zero-order valence-electron chi connectivity index (χ0n) is 12.5. The second-order valence-corrected chi connectivity index (χ2v) is 5.78. The van der Waals surface area contributed by atoms with Crippen LogP contribution >= 0.6 is 0 Å². The lowest BCUT2D eigenvalue weighted by atomic mass is 9.80. The van der Waals surface area contributed by atoms with Crippen molar-refractivity contribution in [3.63, 3.8) is 0 Å². The molecule has 2 N–H and O–H groups in total. The molecule has 0 bridgehead atoms. The van der Waals surface area contributed by atoms with Gasteiger partial charge in [-0.25, -0.2) is 0 Å². The maximum Gasteiger partial charge on any atom is 0.226 e. The smallest absolute Gasteiger partial charge is 0.226 e. The molecule has 1 aliphatic rings. The van der Waals surface area contributed by atoms with Gasteiger partial charge in [0.25, 0.3) is 0 Å². The minimum Gasteiger partial charge on any atom is -0.497 e. The summed E-state index contributed by atoms with van der Waals surface area (Å²) < 4.78 is 5.15. The summed E-state index contributed by atoms with van der Waals surface area (Å²) in [5.41, 5.74) is 0.850. The first-order valence-corrected chi connectivity index (χ1v) is 7.21. The van der Waals surface area contributed by atoms with Gasteiger partial charge in [-0.2, -0.15) is 0 Å². The number of rotatable bonds is 4. The third kappa shape index (κ3) is 3.31. The second kappa shape index (κ2) is 6.27. The van der Waals surface area contributed by atoms with E-state index in [1.165, 1.54) is 0 Å². The summed E-state index contributed by atoms with van der Waals surface area (Å²) in [4.78, 5) is 12.5. The van der Waals surface area contributed by atoms with E-state index in [4.69, 9.17) is 4.74 Å². The van der Waals surface area contributed by atoms with Gasteiger partial charge in [0, 0.05) is 5.41 Å². The standard InChI is InChI=1S/C16H24N2O2/c1-12(13-4-6-14(20-3)7-5-13)18-15(19)16(2)8-10-17-11-9-16/h4-7,12,17H,8-11H2,1-3H3,(H,18,19). The Bertz CT molecular complexity index is 450. The Balaban J connectivity index is 1.99. The van der Waals surface area contributed by atoms with Crippen LogP contribution in [0.4, 0.5) is 0 Å². The molecule has 1 atom stereocenters. The number of carbonyl (C=O) groups is 1. The summed E-state index contributed by atoms with van der Waals surface area (Å²) in [5.74, 6) is 0.986. The average Bonchev–Trinajstić information content (AvgIpc) is 2.48. The molecular formula is C16H24N2O2. The zero-order chi connectivity index (χ0) is 14.6. The Morgan fingerprint density at radius 1 is 1.30 bits per heavy atom. The summed E-state index contributed by atoms with van der Waals surface area (Å²) in [6.45, 7) is 5.91. The number of piperidine rings is 1. The van der Waals surface area contributed by atoms with Gasteiger partial charge in [0.2, 0.25) is 5.91 Å². The molecule has 1 aliphatic heterocycles. The van der Waals surface area contributed by atoms with E-state index in [0.29, 0.717) is 0 Å². The number of methoxy groups -OCH3 is 1. The number of nitrogens with one attached hydrogen (secondary N) is 2. The molecule has 0 aliphatic carbocycles. The summed E-state index contributed by atoms with van der Waals surface area (Å²) in [7, 11) is 1.65. The van der Waals surface area contributed by atoms with E-state index >= 15 is 0 Å². The third-order valence-electron chi connectivity index (χ3n) is 4.22. The molecule has 1 unspecified atom stereocenters. The van der Waals surface area contributed by atoms with Crippen LogP contribution in [0.1, 0.15) is 38.3 Å². The number of ether oxygens (including phenoxy) is 1. The lowest BCUT2D eigenvalue weighted by molar-refractivity contribution is -0.132. The van der Waals surface area contributed by atoms with Crippen molar-refractivity contribution in [3.05, 3.63) is 29.8 Å². The van der Waals surface area contributed by atoms with E-state index < -0.39 is 0 Å². The van der Waals surface area contributed by atoms with Crippen LogP contribution in [0.3, 0.4) is 0 Å². The molecule has 0 aromatic heterocycles. The molecule has 4 nitrogen and oxygen atoms in total. The molecule has 110 valence electrons. The van der Waals surface area contributed by atoms with Crippen molar-refractivity contribution in [1.82, 2.24) is 10.6 Å². The summed E-state index contributed by atoms with van der Waals surface area (Å²) in [6.07, 6.45) is 1.79. The highest BCUT2D eigenvalue weighted by Crippen LogP contribution is 2.29. The highest BCUT2D eigenvalue weighted by Gasteiger charge is 2.35. The molecule has 1 fully saturated rings. The normalized spacial score (nSPS) is 19.1. The van der Waals surface area contributed by atoms with Crippen LogP contribution in [0, 0.1) is 5.41 Å². The SMILES string of the molecule is COc1ccc(C(C)NC(=O)C2(C)CCNCC2)cc1. The van der Waals surface area contributed by atoms with Gasteiger partial charge in [-0.15, -0.1) is 0 Å². The minimum atomic E-state index is -0.244. The first-order valence-electron chi connectivity index (χ1n) is 7.21. The van der Waals surface area contributed by atoms with Crippen LogP contribution in [0.15, 0.2) is 24.3 Å². The number of amides is 1. The van der Waals surface area contributed by atoms with Gasteiger partial charge < -0.3 is 15.4 Å². The quantitative estimate of drug-likeness (QED) is 0.887. The van der Waals surface area contributed by atoms with E-state index in [1.54, 1.807) is 7.11 Å². The van der Waals surface area contributed by atoms with Crippen LogP contribution < -0.4 is 15.4 Å². The third-order valence-corrected chi connectivity index (χ3v) is 4.22. The summed E-state index contributed by atoms with van der Waals surface area (Å²) in [6, 6.07) is 7.84. The molecule has 20 heavy (non-hydrogen) atoms. The van der Waals surface area contributed by atoms with Crippen LogP contribution in [0.2, 0.25) is 0 Å². The average molecular weight is 276 g/mol. The topological polar surface area (TPSA) is 50.4 Å². The number of benzene rings is 1. The monoisotopic (exact) mass is 276 g/mol. The molecule has 1 aromatic rings. The van der Waals surface area contributed by atoms with Gasteiger partial charge in [0.15, 0.2) is 0 Å². The highest BCUT2D eigenvalue weighted by molar-refractivity contribution is 5.82. The van der Waals surface area contributed by atoms with Gasteiger partial charge in [0.05, 0.1) is 13.2 Å². The van der Waals surface area contributed by atoms with Crippen molar-refractivity contribution in [2.24, 2.45) is 5.41 Å². The molecule has 0 radical (unpaired) electrons. The molecule has 2 rings (SSSR count). The van der Waals surface area contributed by atoms with E-state index in [-0.39, 0.29) is 17.4 Å². The molecule has 4 heteroatoms. The van der Waals surface area contributed by atoms with Crippen molar-refractivity contribution in [2.45, 2.75) is 32.7 Å². The molecule has 1 heterocycles. The zero-order valence-corrected chi connectivity index (χ0v) is 12.5. The van der Waals surface area contributed by atoms with E-state index in [1.807, 2.05) is 31.2 Å². The lowest BCUT2D eigenvalue weighted by Crippen LogP contribution is -2.46. The second-order valence-electron chi connectivity index (χ2n) is 5.78. The van der Waals surface area contributed by atoms with Crippen molar-refractivity contribution in [1.29, 1.82) is 0 Å². The van der Waals surface area contributed by atoms with Crippen molar-refractivity contribution in [2.75, 3.05) is 20.2 Å². The van der Waals surface area contributed by atoms with Crippen LogP contribution in [0.25, 0.3) is 0 Å². The predicted molar refractivity (Wildman–Crippen MR) is 79.8 cm³/mol. The molecule has 0 spiro atoms. The lowest BCUT2D eigenvalue weighted by Gasteiger charge is -2.33. The van der Waals surface area contributed by atoms with Gasteiger partial charge >= 0.3 is 0 Å². The Labute approximate surface area is 120 Å². The largest absolute Gasteiger partial charge is 0.497 e. The van der Waals surface area contributed by atoms with Crippen LogP contribution in [-0.2, 0) is 4.79 Å². The molecular weight excluding hydrogens is 252 g/mol. The maximum absolute atomic E-state index is 12.5. The van der Waals surface area contributed by atoms with Crippen molar-refractivity contribution < 1.29 is 9.53 Å². The van der Waals surface area contributed by atoms with Crippen molar-refractivity contribution >= 4 is 5.91 Å². The Kier molecular flexibility index (Phi) is 4.65. The Morgan fingerprint density at radius 3 is 2.45 bits per heavy atom. The highest BCUT2D eigenvalue weighted by atomic mass is 16.5. The Hall–Kier alpha value is -1.55. The molecule has 1 saturated heterocycles. The Morgan fingerprint density at radius 2 is 1.90 bits per heavy atom. The van der Waals surface area contributed by atoms with Gasteiger partial charge in [-0.3, -0.25) is 4.79 Å². The maximum atomic E-state index is 12.5. The van der Waals surface area contributed by atoms with Crippen molar-refractivity contribution in [3.8, 4) is 5.75 Å².